The van der Waals surface area contributed by atoms with Crippen molar-refractivity contribution in [2.45, 2.75) is 6.92 Å². The molecular formula is C8H11N3O. The smallest absolute Gasteiger partial charge is 0.252 e. The number of nitrogens with zero attached hydrogens (tertiary/aromatic N) is 1. The van der Waals surface area contributed by atoms with E-state index in [4.69, 9.17) is 5.73 Å². The van der Waals surface area contributed by atoms with Crippen LogP contribution in [0.5, 0.6) is 0 Å². The van der Waals surface area contributed by atoms with Crippen LogP contribution in [0.25, 0.3) is 0 Å². The number of aromatic nitrogens is 1. The highest BCUT2D eigenvalue weighted by Gasteiger charge is 2.07. The van der Waals surface area contributed by atoms with Crippen molar-refractivity contribution in [1.29, 1.82) is 0 Å². The number of hydrogen-bond donors (Lipinski definition) is 2. The van der Waals surface area contributed by atoms with Crippen LogP contribution >= 0.6 is 0 Å². The van der Waals surface area contributed by atoms with Crippen LogP contribution in [0.2, 0.25) is 0 Å². The third-order valence-electron chi connectivity index (χ3n) is 1.58. The number of hydrogen-bond acceptors (Lipinski definition) is 3. The molecule has 0 fully saturated rings. The molecule has 1 rings (SSSR count). The first kappa shape index (κ1) is 8.52. The Morgan fingerprint density at radius 3 is 2.92 bits per heavy atom. The standard InChI is InChI=1S/C8H11N3O/c1-5-7(8(12)10-2)3-6(9)4-11-5/h3-4H,9H2,1-2H3,(H,10,12). The molecule has 64 valence electrons. The van der Waals surface area contributed by atoms with Gasteiger partial charge in [-0.05, 0) is 13.0 Å². The number of amides is 1. The monoisotopic (exact) mass is 165 g/mol. The molecule has 0 unspecified atom stereocenters. The zero-order valence-corrected chi connectivity index (χ0v) is 7.09. The van der Waals surface area contributed by atoms with Crippen LogP contribution in [0, 0.1) is 6.92 Å². The quantitative estimate of drug-likeness (QED) is 0.630. The van der Waals surface area contributed by atoms with Crippen molar-refractivity contribution in [3.63, 3.8) is 0 Å². The minimum atomic E-state index is -0.160. The number of nitrogens with two attached hydrogens (primary N) is 1. The van der Waals surface area contributed by atoms with Gasteiger partial charge in [0.25, 0.3) is 5.91 Å². The Kier molecular flexibility index (Phi) is 2.28. The van der Waals surface area contributed by atoms with E-state index in [-0.39, 0.29) is 5.91 Å². The van der Waals surface area contributed by atoms with Crippen molar-refractivity contribution >= 4 is 11.6 Å². The molecule has 1 amide bonds. The van der Waals surface area contributed by atoms with Crippen molar-refractivity contribution in [2.24, 2.45) is 0 Å². The van der Waals surface area contributed by atoms with Crippen molar-refractivity contribution in [1.82, 2.24) is 10.3 Å². The lowest BCUT2D eigenvalue weighted by atomic mass is 10.2. The van der Waals surface area contributed by atoms with Crippen LogP contribution in [0.1, 0.15) is 16.1 Å². The second kappa shape index (κ2) is 3.21. The molecular weight excluding hydrogens is 154 g/mol. The first-order chi connectivity index (χ1) is 5.65. The van der Waals surface area contributed by atoms with E-state index in [1.165, 1.54) is 6.20 Å². The Hall–Kier alpha value is -1.58. The van der Waals surface area contributed by atoms with Crippen molar-refractivity contribution in [3.05, 3.63) is 23.5 Å². The van der Waals surface area contributed by atoms with E-state index < -0.39 is 0 Å². The number of carbonyl (C=O) groups excluding carboxylic acids is 1. The van der Waals surface area contributed by atoms with Gasteiger partial charge in [0.2, 0.25) is 0 Å². The lowest BCUT2D eigenvalue weighted by Crippen LogP contribution is -2.19. The maximum absolute atomic E-state index is 11.2. The van der Waals surface area contributed by atoms with Gasteiger partial charge in [-0.15, -0.1) is 0 Å². The summed E-state index contributed by atoms with van der Waals surface area (Å²) in [5, 5.41) is 2.51. The molecule has 1 aromatic rings. The van der Waals surface area contributed by atoms with E-state index in [0.29, 0.717) is 16.9 Å². The minimum Gasteiger partial charge on any atom is -0.397 e. The Labute approximate surface area is 70.8 Å². The summed E-state index contributed by atoms with van der Waals surface area (Å²) in [5.41, 5.74) is 7.19. The van der Waals surface area contributed by atoms with Crippen LogP contribution in [0.3, 0.4) is 0 Å². The predicted octanol–water partition coefficient (Wildman–Crippen LogP) is 0.332. The second-order valence-electron chi connectivity index (χ2n) is 2.48. The summed E-state index contributed by atoms with van der Waals surface area (Å²) in [6.45, 7) is 1.77. The number of carbonyl (C=O) groups is 1. The summed E-state index contributed by atoms with van der Waals surface area (Å²) in [6, 6.07) is 1.61. The van der Waals surface area contributed by atoms with E-state index in [9.17, 15) is 4.79 Å². The summed E-state index contributed by atoms with van der Waals surface area (Å²) in [6.07, 6.45) is 1.53. The normalized spacial score (nSPS) is 9.50. The van der Waals surface area contributed by atoms with E-state index in [0.717, 1.165) is 0 Å². The SMILES string of the molecule is CNC(=O)c1cc(N)cnc1C. The largest absolute Gasteiger partial charge is 0.397 e. The summed E-state index contributed by atoms with van der Waals surface area (Å²) < 4.78 is 0. The van der Waals surface area contributed by atoms with Crippen LogP contribution in [-0.4, -0.2) is 17.9 Å². The first-order valence-electron chi connectivity index (χ1n) is 3.59. The van der Waals surface area contributed by atoms with Gasteiger partial charge in [0.15, 0.2) is 0 Å². The molecule has 0 aliphatic heterocycles. The second-order valence-corrected chi connectivity index (χ2v) is 2.48. The lowest BCUT2D eigenvalue weighted by molar-refractivity contribution is 0.0962. The molecule has 0 atom stereocenters. The molecule has 0 bridgehead atoms. The molecule has 0 radical (unpaired) electrons. The highest BCUT2D eigenvalue weighted by molar-refractivity contribution is 5.95. The van der Waals surface area contributed by atoms with Crippen LogP contribution < -0.4 is 11.1 Å². The highest BCUT2D eigenvalue weighted by atomic mass is 16.1. The Balaban J connectivity index is 3.13. The summed E-state index contributed by atoms with van der Waals surface area (Å²) in [5.74, 6) is -0.160. The maximum Gasteiger partial charge on any atom is 0.252 e. The summed E-state index contributed by atoms with van der Waals surface area (Å²) in [4.78, 5) is 15.1. The van der Waals surface area contributed by atoms with Gasteiger partial charge in [0.05, 0.1) is 23.1 Å². The molecule has 4 nitrogen and oxygen atoms in total. The summed E-state index contributed by atoms with van der Waals surface area (Å²) in [7, 11) is 1.57. The highest BCUT2D eigenvalue weighted by Crippen LogP contribution is 2.08. The van der Waals surface area contributed by atoms with E-state index in [1.54, 1.807) is 20.0 Å². The molecule has 0 saturated heterocycles. The number of aryl methyl sites for hydroxylation is 1. The molecule has 12 heavy (non-hydrogen) atoms. The van der Waals surface area contributed by atoms with Crippen LogP contribution in [-0.2, 0) is 0 Å². The molecule has 0 aromatic carbocycles. The van der Waals surface area contributed by atoms with Crippen molar-refractivity contribution < 1.29 is 4.79 Å². The Morgan fingerprint density at radius 2 is 2.33 bits per heavy atom. The molecule has 0 aliphatic carbocycles. The van der Waals surface area contributed by atoms with Gasteiger partial charge >= 0.3 is 0 Å². The van der Waals surface area contributed by atoms with E-state index in [2.05, 4.69) is 10.3 Å². The van der Waals surface area contributed by atoms with Gasteiger partial charge in [0, 0.05) is 7.05 Å². The lowest BCUT2D eigenvalue weighted by Gasteiger charge is -2.03. The number of nitrogens with one attached hydrogen (secondary N) is 1. The topological polar surface area (TPSA) is 68.0 Å². The Morgan fingerprint density at radius 1 is 1.67 bits per heavy atom. The third-order valence-corrected chi connectivity index (χ3v) is 1.58. The van der Waals surface area contributed by atoms with Crippen molar-refractivity contribution in [2.75, 3.05) is 12.8 Å². The molecule has 0 spiro atoms. The van der Waals surface area contributed by atoms with E-state index in [1.807, 2.05) is 0 Å². The number of anilines is 1. The minimum absolute atomic E-state index is 0.160. The molecule has 3 N–H and O–H groups in total. The number of pyridine rings is 1. The fraction of sp³-hybridized carbons (Fsp3) is 0.250. The molecule has 1 aromatic heterocycles. The fourth-order valence-electron chi connectivity index (χ4n) is 0.914. The fourth-order valence-corrected chi connectivity index (χ4v) is 0.914. The third kappa shape index (κ3) is 1.53. The molecule has 4 heteroatoms. The zero-order valence-electron chi connectivity index (χ0n) is 7.09. The average molecular weight is 165 g/mol. The van der Waals surface area contributed by atoms with Crippen LogP contribution in [0.4, 0.5) is 5.69 Å². The van der Waals surface area contributed by atoms with Crippen molar-refractivity contribution in [3.8, 4) is 0 Å². The first-order valence-corrected chi connectivity index (χ1v) is 3.59. The maximum atomic E-state index is 11.2. The van der Waals surface area contributed by atoms with Gasteiger partial charge in [0.1, 0.15) is 0 Å². The molecule has 1 heterocycles. The summed E-state index contributed by atoms with van der Waals surface area (Å²) >= 11 is 0. The van der Waals surface area contributed by atoms with E-state index >= 15 is 0 Å². The predicted molar refractivity (Wildman–Crippen MR) is 46.8 cm³/mol. The molecule has 0 saturated carbocycles. The number of nitrogen functional groups attached to an aromatic ring is 1. The zero-order chi connectivity index (χ0) is 9.14. The average Bonchev–Trinajstić information content (AvgIpc) is 2.08. The van der Waals surface area contributed by atoms with Crippen LogP contribution in [0.15, 0.2) is 12.3 Å². The van der Waals surface area contributed by atoms with Gasteiger partial charge in [-0.3, -0.25) is 9.78 Å². The van der Waals surface area contributed by atoms with Gasteiger partial charge in [-0.2, -0.15) is 0 Å². The number of rotatable bonds is 1. The molecule has 0 aliphatic rings. The van der Waals surface area contributed by atoms with Gasteiger partial charge < -0.3 is 11.1 Å². The van der Waals surface area contributed by atoms with Gasteiger partial charge in [-0.25, -0.2) is 0 Å². The Bertz CT molecular complexity index is 309. The van der Waals surface area contributed by atoms with Gasteiger partial charge in [-0.1, -0.05) is 0 Å².